The van der Waals surface area contributed by atoms with Gasteiger partial charge >= 0.3 is 6.03 Å². The summed E-state index contributed by atoms with van der Waals surface area (Å²) >= 11 is 0. The lowest BCUT2D eigenvalue weighted by atomic mass is 10.1. The zero-order valence-corrected chi connectivity index (χ0v) is 15.9. The van der Waals surface area contributed by atoms with Gasteiger partial charge in [-0.25, -0.2) is 4.79 Å². The van der Waals surface area contributed by atoms with Gasteiger partial charge in [0.2, 0.25) is 11.7 Å². The molecule has 2 amide bonds. The number of carbonyl (C=O) groups excluding carboxylic acids is 1. The second kappa shape index (κ2) is 7.81. The molecule has 0 spiro atoms. The van der Waals surface area contributed by atoms with Gasteiger partial charge in [0.1, 0.15) is 0 Å². The monoisotopic (exact) mass is 381 g/mol. The fourth-order valence-corrected chi connectivity index (χ4v) is 3.22. The molecule has 2 aromatic heterocycles. The minimum absolute atomic E-state index is 0.00853. The lowest BCUT2D eigenvalue weighted by molar-refractivity contribution is 0.104. The summed E-state index contributed by atoms with van der Waals surface area (Å²) in [7, 11) is 0. The minimum atomic E-state index is -0.117. The summed E-state index contributed by atoms with van der Waals surface area (Å²) in [5.74, 6) is 1.19. The van der Waals surface area contributed by atoms with Crippen LogP contribution in [0.3, 0.4) is 0 Å². The molecule has 1 aliphatic rings. The number of urea groups is 1. The molecule has 1 saturated heterocycles. The number of aromatic amines is 1. The molecule has 9 nitrogen and oxygen atoms in total. The van der Waals surface area contributed by atoms with Crippen LogP contribution in [0.2, 0.25) is 0 Å². The Morgan fingerprint density at radius 2 is 1.96 bits per heavy atom. The number of nitrogens with one attached hydrogen (secondary N) is 2. The molecule has 0 bridgehead atoms. The first-order valence-corrected chi connectivity index (χ1v) is 9.29. The van der Waals surface area contributed by atoms with Gasteiger partial charge in [0.25, 0.3) is 0 Å². The summed E-state index contributed by atoms with van der Waals surface area (Å²) in [4.78, 5) is 20.9. The third-order valence-corrected chi connectivity index (χ3v) is 5.01. The molecule has 4 rings (SSSR count). The van der Waals surface area contributed by atoms with Crippen LogP contribution in [-0.4, -0.2) is 62.3 Å². The second-order valence-corrected chi connectivity index (χ2v) is 6.94. The molecule has 28 heavy (non-hydrogen) atoms. The Morgan fingerprint density at radius 1 is 1.21 bits per heavy atom. The third kappa shape index (κ3) is 3.89. The van der Waals surface area contributed by atoms with Crippen molar-refractivity contribution in [2.24, 2.45) is 0 Å². The average Bonchev–Trinajstić information content (AvgIpc) is 3.40. The van der Waals surface area contributed by atoms with Crippen LogP contribution in [-0.2, 0) is 0 Å². The number of rotatable bonds is 4. The smallest absolute Gasteiger partial charge is 0.322 e. The van der Waals surface area contributed by atoms with Crippen molar-refractivity contribution in [1.29, 1.82) is 0 Å². The number of aromatic nitrogens is 4. The molecule has 1 aromatic carbocycles. The van der Waals surface area contributed by atoms with Crippen LogP contribution in [0.4, 0.5) is 10.5 Å². The predicted octanol–water partition coefficient (Wildman–Crippen LogP) is 2.68. The van der Waals surface area contributed by atoms with Crippen LogP contribution in [0.1, 0.15) is 24.4 Å². The number of hydrogen-bond acceptors (Lipinski definition) is 6. The fourth-order valence-electron chi connectivity index (χ4n) is 3.22. The largest absolute Gasteiger partial charge is 0.337 e. The molecule has 1 atom stereocenters. The molecule has 0 aliphatic carbocycles. The van der Waals surface area contributed by atoms with Gasteiger partial charge in [0.05, 0.1) is 17.9 Å². The van der Waals surface area contributed by atoms with Gasteiger partial charge in [-0.3, -0.25) is 10.00 Å². The fraction of sp³-hybridized carbons (Fsp3) is 0.368. The summed E-state index contributed by atoms with van der Waals surface area (Å²) < 4.78 is 5.50. The standard InChI is InChI=1S/C19H23N7O2/c1-13-3-5-15(6-4-13)17-23-18(28-24-17)14(2)25-7-9-26(10-8-25)19(27)22-16-11-20-21-12-16/h3-6,11-12,14H,7-10H2,1-2H3,(H,20,21)(H,22,27). The van der Waals surface area contributed by atoms with Crippen LogP contribution in [0, 0.1) is 6.92 Å². The van der Waals surface area contributed by atoms with Gasteiger partial charge in [-0.15, -0.1) is 0 Å². The van der Waals surface area contributed by atoms with Crippen molar-refractivity contribution < 1.29 is 9.32 Å². The first kappa shape index (κ1) is 18.2. The Bertz CT molecular complexity index is 912. The van der Waals surface area contributed by atoms with E-state index in [0.29, 0.717) is 30.5 Å². The van der Waals surface area contributed by atoms with Crippen LogP contribution >= 0.6 is 0 Å². The maximum Gasteiger partial charge on any atom is 0.322 e. The van der Waals surface area contributed by atoms with Crippen LogP contribution in [0.15, 0.2) is 41.2 Å². The number of hydrogen-bond donors (Lipinski definition) is 2. The van der Waals surface area contributed by atoms with E-state index in [1.54, 1.807) is 17.3 Å². The van der Waals surface area contributed by atoms with Crippen molar-refractivity contribution in [3.63, 3.8) is 0 Å². The second-order valence-electron chi connectivity index (χ2n) is 6.94. The predicted molar refractivity (Wildman–Crippen MR) is 104 cm³/mol. The van der Waals surface area contributed by atoms with E-state index in [9.17, 15) is 4.79 Å². The Kier molecular flexibility index (Phi) is 5.07. The molecule has 9 heteroatoms. The van der Waals surface area contributed by atoms with E-state index in [1.165, 1.54) is 5.56 Å². The maximum atomic E-state index is 12.3. The SMILES string of the molecule is Cc1ccc(-c2noc(C(C)N3CCN(C(=O)Nc4cn[nH]c4)CC3)n2)cc1. The van der Waals surface area contributed by atoms with E-state index in [2.05, 4.69) is 30.6 Å². The van der Waals surface area contributed by atoms with Gasteiger partial charge in [0, 0.05) is 37.9 Å². The first-order valence-electron chi connectivity index (χ1n) is 9.29. The highest BCUT2D eigenvalue weighted by Crippen LogP contribution is 2.24. The summed E-state index contributed by atoms with van der Waals surface area (Å²) in [5.41, 5.74) is 2.79. The summed E-state index contributed by atoms with van der Waals surface area (Å²) in [5, 5.41) is 13.5. The molecule has 3 heterocycles. The lowest BCUT2D eigenvalue weighted by Gasteiger charge is -2.36. The van der Waals surface area contributed by atoms with Gasteiger partial charge in [0.15, 0.2) is 0 Å². The van der Waals surface area contributed by atoms with E-state index < -0.39 is 0 Å². The minimum Gasteiger partial charge on any atom is -0.337 e. The Balaban J connectivity index is 1.34. The number of piperazine rings is 1. The highest BCUT2D eigenvalue weighted by atomic mass is 16.5. The summed E-state index contributed by atoms with van der Waals surface area (Å²) in [6.07, 6.45) is 3.23. The highest BCUT2D eigenvalue weighted by Gasteiger charge is 2.28. The van der Waals surface area contributed by atoms with E-state index >= 15 is 0 Å². The molecular formula is C19H23N7O2. The normalized spacial score (nSPS) is 16.1. The maximum absolute atomic E-state index is 12.3. The number of benzene rings is 1. The van der Waals surface area contributed by atoms with Crippen LogP contribution in [0.5, 0.6) is 0 Å². The molecule has 1 fully saturated rings. The molecule has 3 aromatic rings. The highest BCUT2D eigenvalue weighted by molar-refractivity contribution is 5.89. The molecule has 0 saturated carbocycles. The number of nitrogens with zero attached hydrogens (tertiary/aromatic N) is 5. The number of carbonyl (C=O) groups is 1. The lowest BCUT2D eigenvalue weighted by Crippen LogP contribution is -2.50. The number of anilines is 1. The molecule has 1 unspecified atom stereocenters. The van der Waals surface area contributed by atoms with E-state index in [4.69, 9.17) is 4.52 Å². The Hall–Kier alpha value is -3.20. The van der Waals surface area contributed by atoms with Crippen molar-refractivity contribution >= 4 is 11.7 Å². The molecular weight excluding hydrogens is 358 g/mol. The summed E-state index contributed by atoms with van der Waals surface area (Å²) in [6.45, 7) is 6.83. The van der Waals surface area contributed by atoms with Crippen molar-refractivity contribution in [2.75, 3.05) is 31.5 Å². The van der Waals surface area contributed by atoms with Crippen molar-refractivity contribution in [3.05, 3.63) is 48.1 Å². The average molecular weight is 381 g/mol. The Labute approximate surface area is 162 Å². The van der Waals surface area contributed by atoms with Crippen LogP contribution < -0.4 is 5.32 Å². The number of aryl methyl sites for hydroxylation is 1. The van der Waals surface area contributed by atoms with E-state index in [-0.39, 0.29) is 12.1 Å². The van der Waals surface area contributed by atoms with Crippen molar-refractivity contribution in [2.45, 2.75) is 19.9 Å². The van der Waals surface area contributed by atoms with Gasteiger partial charge in [-0.05, 0) is 13.8 Å². The van der Waals surface area contributed by atoms with E-state index in [1.807, 2.05) is 38.1 Å². The van der Waals surface area contributed by atoms with E-state index in [0.717, 1.165) is 18.7 Å². The summed E-state index contributed by atoms with van der Waals surface area (Å²) in [6, 6.07) is 7.92. The third-order valence-electron chi connectivity index (χ3n) is 5.01. The zero-order valence-electron chi connectivity index (χ0n) is 15.9. The van der Waals surface area contributed by atoms with Crippen molar-refractivity contribution in [1.82, 2.24) is 30.1 Å². The molecule has 146 valence electrons. The molecule has 0 radical (unpaired) electrons. The quantitative estimate of drug-likeness (QED) is 0.720. The Morgan fingerprint density at radius 3 is 2.64 bits per heavy atom. The van der Waals surface area contributed by atoms with Crippen molar-refractivity contribution in [3.8, 4) is 11.4 Å². The van der Waals surface area contributed by atoms with Gasteiger partial charge < -0.3 is 14.7 Å². The number of amides is 2. The zero-order chi connectivity index (χ0) is 19.5. The molecule has 1 aliphatic heterocycles. The van der Waals surface area contributed by atoms with Gasteiger partial charge in [-0.1, -0.05) is 35.0 Å². The number of H-pyrrole nitrogens is 1. The topological polar surface area (TPSA) is 103 Å². The first-order chi connectivity index (χ1) is 13.6. The van der Waals surface area contributed by atoms with Gasteiger partial charge in [-0.2, -0.15) is 10.1 Å². The van der Waals surface area contributed by atoms with Crippen LogP contribution in [0.25, 0.3) is 11.4 Å². The molecule has 2 N–H and O–H groups in total.